The van der Waals surface area contributed by atoms with Crippen LogP contribution < -0.4 is 5.32 Å². The zero-order valence-corrected chi connectivity index (χ0v) is 15.5. The largest absolute Gasteiger partial charge is 0.340 e. The average molecular weight is 352 g/mol. The van der Waals surface area contributed by atoms with Crippen LogP contribution in [-0.2, 0) is 11.8 Å². The normalized spacial score (nSPS) is 21.0. The van der Waals surface area contributed by atoms with Gasteiger partial charge in [0.2, 0.25) is 5.91 Å². The van der Waals surface area contributed by atoms with Gasteiger partial charge in [0.25, 0.3) is 0 Å². The van der Waals surface area contributed by atoms with Crippen LogP contribution in [0.25, 0.3) is 0 Å². The van der Waals surface area contributed by atoms with Crippen molar-refractivity contribution < 1.29 is 4.79 Å². The maximum atomic E-state index is 13.6. The summed E-state index contributed by atoms with van der Waals surface area (Å²) in [5.41, 5.74) is 0.749. The molecule has 1 N–H and O–H groups in total. The van der Waals surface area contributed by atoms with Crippen LogP contribution in [-0.4, -0.2) is 39.0 Å². The third kappa shape index (κ3) is 3.05. The molecule has 4 rings (SSSR count). The topological polar surface area (TPSA) is 50.2 Å². The summed E-state index contributed by atoms with van der Waals surface area (Å²) in [5.74, 6) is 1.05. The molecule has 138 valence electrons. The van der Waals surface area contributed by atoms with E-state index in [1.54, 1.807) is 6.20 Å². The van der Waals surface area contributed by atoms with E-state index in [1.165, 1.54) is 12.8 Å². The van der Waals surface area contributed by atoms with Crippen LogP contribution in [0.1, 0.15) is 56.0 Å². The van der Waals surface area contributed by atoms with Crippen molar-refractivity contribution in [3.8, 4) is 0 Å². The third-order valence-electron chi connectivity index (χ3n) is 6.09. The van der Waals surface area contributed by atoms with Crippen LogP contribution in [0.3, 0.4) is 0 Å². The van der Waals surface area contributed by atoms with Gasteiger partial charge in [0, 0.05) is 19.4 Å². The first-order valence-electron chi connectivity index (χ1n) is 9.79. The standard InChI is InChI=1S/C21H28N4O/c1-24-16-13-22-19(24)18(17-9-3-2-4-10-17)23-20(26)21(11-5-6-12-21)25-14-7-8-15-25/h2-4,9-10,13,16,18H,5-8,11-12,14-15H2,1H3,(H,23,26)/t18-/m0/s1. The Morgan fingerprint density at radius 2 is 1.81 bits per heavy atom. The highest BCUT2D eigenvalue weighted by molar-refractivity contribution is 5.87. The molecule has 1 atom stereocenters. The van der Waals surface area contributed by atoms with Crippen molar-refractivity contribution in [3.05, 3.63) is 54.1 Å². The van der Waals surface area contributed by atoms with Crippen molar-refractivity contribution in [1.82, 2.24) is 19.8 Å². The molecule has 0 radical (unpaired) electrons. The van der Waals surface area contributed by atoms with E-state index in [2.05, 4.69) is 27.3 Å². The molecule has 0 spiro atoms. The maximum Gasteiger partial charge on any atom is 0.241 e. The van der Waals surface area contributed by atoms with Crippen molar-refractivity contribution >= 4 is 5.91 Å². The molecule has 0 unspecified atom stereocenters. The number of carbonyl (C=O) groups is 1. The number of aryl methyl sites for hydroxylation is 1. The van der Waals surface area contributed by atoms with Gasteiger partial charge in [-0.25, -0.2) is 4.98 Å². The number of imidazole rings is 1. The lowest BCUT2D eigenvalue weighted by Crippen LogP contribution is -2.57. The second kappa shape index (κ2) is 7.23. The summed E-state index contributed by atoms with van der Waals surface area (Å²) < 4.78 is 2.00. The minimum Gasteiger partial charge on any atom is -0.340 e. The SMILES string of the molecule is Cn1ccnc1[C@@H](NC(=O)C1(N2CCCC2)CCCC1)c1ccccc1. The Labute approximate surface area is 155 Å². The van der Waals surface area contributed by atoms with Gasteiger partial charge in [0.1, 0.15) is 17.4 Å². The smallest absolute Gasteiger partial charge is 0.241 e. The third-order valence-corrected chi connectivity index (χ3v) is 6.09. The lowest BCUT2D eigenvalue weighted by atomic mass is 9.93. The summed E-state index contributed by atoms with van der Waals surface area (Å²) in [6, 6.07) is 9.95. The fourth-order valence-corrected chi connectivity index (χ4v) is 4.66. The molecule has 5 heteroatoms. The lowest BCUT2D eigenvalue weighted by Gasteiger charge is -2.38. The number of benzene rings is 1. The Hall–Kier alpha value is -2.14. The van der Waals surface area contributed by atoms with Gasteiger partial charge < -0.3 is 9.88 Å². The van der Waals surface area contributed by atoms with Crippen molar-refractivity contribution in [2.75, 3.05) is 13.1 Å². The first-order valence-corrected chi connectivity index (χ1v) is 9.79. The zero-order chi connectivity index (χ0) is 18.0. The molecule has 1 aromatic carbocycles. The van der Waals surface area contributed by atoms with E-state index >= 15 is 0 Å². The number of amides is 1. The Balaban J connectivity index is 1.64. The highest BCUT2D eigenvalue weighted by Gasteiger charge is 2.47. The van der Waals surface area contributed by atoms with E-state index in [-0.39, 0.29) is 17.5 Å². The van der Waals surface area contributed by atoms with Crippen LogP contribution in [0.4, 0.5) is 0 Å². The van der Waals surface area contributed by atoms with Gasteiger partial charge in [-0.3, -0.25) is 9.69 Å². The van der Waals surface area contributed by atoms with Gasteiger partial charge in [-0.05, 0) is 44.3 Å². The molecule has 26 heavy (non-hydrogen) atoms. The molecule has 1 aliphatic carbocycles. The first-order chi connectivity index (χ1) is 12.7. The van der Waals surface area contributed by atoms with Crippen molar-refractivity contribution in [2.45, 2.75) is 50.1 Å². The van der Waals surface area contributed by atoms with Crippen molar-refractivity contribution in [3.63, 3.8) is 0 Å². The summed E-state index contributed by atoms with van der Waals surface area (Å²) in [6.45, 7) is 2.09. The fraction of sp³-hybridized carbons (Fsp3) is 0.524. The van der Waals surface area contributed by atoms with E-state index in [0.717, 1.165) is 50.2 Å². The van der Waals surface area contributed by atoms with Gasteiger partial charge in [0.05, 0.1) is 0 Å². The molecule has 2 fully saturated rings. The van der Waals surface area contributed by atoms with Crippen LogP contribution in [0, 0.1) is 0 Å². The predicted molar refractivity (Wildman–Crippen MR) is 102 cm³/mol. The molecule has 2 aliphatic rings. The average Bonchev–Trinajstić information content (AvgIpc) is 3.41. The highest BCUT2D eigenvalue weighted by atomic mass is 16.2. The quantitative estimate of drug-likeness (QED) is 0.900. The summed E-state index contributed by atoms with van der Waals surface area (Å²) in [6.07, 6.45) is 10.4. The van der Waals surface area contributed by atoms with Gasteiger partial charge in [-0.1, -0.05) is 43.2 Å². The molecular formula is C21H28N4O. The highest BCUT2D eigenvalue weighted by Crippen LogP contribution is 2.38. The number of aromatic nitrogens is 2. The summed E-state index contributed by atoms with van der Waals surface area (Å²) in [7, 11) is 1.98. The molecule has 1 aliphatic heterocycles. The van der Waals surface area contributed by atoms with Crippen molar-refractivity contribution in [2.24, 2.45) is 7.05 Å². The Kier molecular flexibility index (Phi) is 4.81. The number of hydrogen-bond acceptors (Lipinski definition) is 3. The van der Waals surface area contributed by atoms with Gasteiger partial charge in [0.15, 0.2) is 0 Å². The number of rotatable bonds is 5. The number of carbonyl (C=O) groups excluding carboxylic acids is 1. The van der Waals surface area contributed by atoms with Crippen LogP contribution in [0.2, 0.25) is 0 Å². The van der Waals surface area contributed by atoms with E-state index in [4.69, 9.17) is 0 Å². The van der Waals surface area contributed by atoms with E-state index in [9.17, 15) is 4.79 Å². The first kappa shape index (κ1) is 17.3. The molecule has 0 bridgehead atoms. The van der Waals surface area contributed by atoms with Crippen LogP contribution in [0.5, 0.6) is 0 Å². The second-order valence-electron chi connectivity index (χ2n) is 7.65. The minimum absolute atomic E-state index is 0.175. The molecular weight excluding hydrogens is 324 g/mol. The molecule has 1 amide bonds. The van der Waals surface area contributed by atoms with E-state index in [0.29, 0.717) is 0 Å². The number of nitrogens with zero attached hydrogens (tertiary/aromatic N) is 3. The van der Waals surface area contributed by atoms with Gasteiger partial charge >= 0.3 is 0 Å². The zero-order valence-electron chi connectivity index (χ0n) is 15.5. The van der Waals surface area contributed by atoms with Crippen molar-refractivity contribution in [1.29, 1.82) is 0 Å². The predicted octanol–water partition coefficient (Wildman–Crippen LogP) is 3.03. The molecule has 1 aromatic heterocycles. The summed E-state index contributed by atoms with van der Waals surface area (Å²) in [4.78, 5) is 20.5. The van der Waals surface area contributed by atoms with Crippen LogP contribution >= 0.6 is 0 Å². The number of hydrogen-bond donors (Lipinski definition) is 1. The molecule has 2 aromatic rings. The van der Waals surface area contributed by atoms with E-state index < -0.39 is 0 Å². The Morgan fingerprint density at radius 3 is 2.42 bits per heavy atom. The Morgan fingerprint density at radius 1 is 1.12 bits per heavy atom. The summed E-state index contributed by atoms with van der Waals surface area (Å²) >= 11 is 0. The summed E-state index contributed by atoms with van der Waals surface area (Å²) in [5, 5.41) is 3.37. The Bertz CT molecular complexity index is 742. The second-order valence-corrected chi connectivity index (χ2v) is 7.65. The van der Waals surface area contributed by atoms with Gasteiger partial charge in [-0.2, -0.15) is 0 Å². The maximum absolute atomic E-state index is 13.6. The lowest BCUT2D eigenvalue weighted by molar-refractivity contribution is -0.133. The van der Waals surface area contributed by atoms with Gasteiger partial charge in [-0.15, -0.1) is 0 Å². The minimum atomic E-state index is -0.325. The number of nitrogens with one attached hydrogen (secondary N) is 1. The number of likely N-dealkylation sites (tertiary alicyclic amines) is 1. The molecule has 5 nitrogen and oxygen atoms in total. The van der Waals surface area contributed by atoms with E-state index in [1.807, 2.05) is 36.0 Å². The molecule has 2 heterocycles. The fourth-order valence-electron chi connectivity index (χ4n) is 4.66. The molecule has 1 saturated heterocycles. The van der Waals surface area contributed by atoms with Crippen LogP contribution in [0.15, 0.2) is 42.7 Å². The monoisotopic (exact) mass is 352 g/mol. The molecule has 1 saturated carbocycles.